The Morgan fingerprint density at radius 3 is 2.55 bits per heavy atom. The first kappa shape index (κ1) is 22.5. The number of rotatable bonds is 7. The maximum absolute atomic E-state index is 12.6. The van der Waals surface area contributed by atoms with E-state index in [1.54, 1.807) is 47.1 Å². The first-order chi connectivity index (χ1) is 15.8. The Morgan fingerprint density at radius 1 is 1.12 bits per heavy atom. The van der Waals surface area contributed by atoms with E-state index in [1.807, 2.05) is 13.0 Å². The second-order valence-corrected chi connectivity index (χ2v) is 8.21. The van der Waals surface area contributed by atoms with Crippen molar-refractivity contribution in [1.29, 1.82) is 0 Å². The minimum Gasteiger partial charge on any atom is -0.305 e. The average molecular weight is 485 g/mol. The van der Waals surface area contributed by atoms with Crippen LogP contribution < -0.4 is 5.32 Å². The number of nitrogens with zero attached hydrogens (tertiary/aromatic N) is 5. The molecule has 0 radical (unpaired) electrons. The molecular weight excluding hydrogens is 467 g/mol. The largest absolute Gasteiger partial charge is 0.307 e. The highest BCUT2D eigenvalue weighted by Crippen LogP contribution is 2.23. The van der Waals surface area contributed by atoms with Gasteiger partial charge in [0.25, 0.3) is 5.91 Å². The number of carbonyl (C=O) groups is 1. The zero-order valence-electron chi connectivity index (χ0n) is 17.4. The maximum atomic E-state index is 12.6. The lowest BCUT2D eigenvalue weighted by atomic mass is 10.1. The van der Waals surface area contributed by atoms with Crippen LogP contribution in [0.1, 0.15) is 27.2 Å². The van der Waals surface area contributed by atoms with Crippen LogP contribution in [0.4, 0.5) is 11.5 Å². The number of aromatic nitrogens is 4. The molecule has 4 rings (SSSR count). The summed E-state index contributed by atoms with van der Waals surface area (Å²) in [6.07, 6.45) is 2.56. The lowest BCUT2D eigenvalue weighted by molar-refractivity contribution is -0.385. The molecule has 168 valence electrons. The summed E-state index contributed by atoms with van der Waals surface area (Å²) in [7, 11) is 0. The predicted octanol–water partition coefficient (Wildman–Crippen LogP) is 4.95. The zero-order chi connectivity index (χ0) is 23.5. The van der Waals surface area contributed by atoms with Gasteiger partial charge in [0.1, 0.15) is 12.4 Å². The molecule has 4 aromatic rings. The van der Waals surface area contributed by atoms with Crippen LogP contribution in [0.2, 0.25) is 10.0 Å². The standard InChI is InChI=1S/C22H18Cl2N6O3/c1-14-8-21(27-29(14)12-17-6-7-18(23)9-20(17)24)26-22(31)16-4-2-15(3-5-16)11-28-13-19(10-25-28)30(32)33/h2-10,13H,11-12H2,1H3,(H,26,27,31). The summed E-state index contributed by atoms with van der Waals surface area (Å²) in [6, 6.07) is 14.0. The summed E-state index contributed by atoms with van der Waals surface area (Å²) in [5.74, 6) is 0.126. The molecule has 0 fully saturated rings. The van der Waals surface area contributed by atoms with Crippen LogP contribution in [0, 0.1) is 17.0 Å². The highest BCUT2D eigenvalue weighted by molar-refractivity contribution is 6.35. The van der Waals surface area contributed by atoms with Gasteiger partial charge >= 0.3 is 5.69 Å². The maximum Gasteiger partial charge on any atom is 0.307 e. The molecule has 0 spiro atoms. The van der Waals surface area contributed by atoms with Crippen LogP contribution in [-0.4, -0.2) is 30.4 Å². The summed E-state index contributed by atoms with van der Waals surface area (Å²) >= 11 is 12.2. The van der Waals surface area contributed by atoms with Crippen LogP contribution in [0.25, 0.3) is 0 Å². The first-order valence-electron chi connectivity index (χ1n) is 9.84. The summed E-state index contributed by atoms with van der Waals surface area (Å²) in [4.78, 5) is 22.9. The number of halogens is 2. The molecular formula is C22H18Cl2N6O3. The van der Waals surface area contributed by atoms with Gasteiger partial charge in [-0.2, -0.15) is 10.2 Å². The van der Waals surface area contributed by atoms with E-state index < -0.39 is 4.92 Å². The molecule has 11 heteroatoms. The molecule has 0 unspecified atom stereocenters. The number of carbonyl (C=O) groups excluding carboxylic acids is 1. The van der Waals surface area contributed by atoms with Gasteiger partial charge in [-0.15, -0.1) is 0 Å². The number of aryl methyl sites for hydroxylation is 1. The molecule has 2 aromatic carbocycles. The number of anilines is 1. The van der Waals surface area contributed by atoms with E-state index >= 15 is 0 Å². The van der Waals surface area contributed by atoms with Gasteiger partial charge in [-0.1, -0.05) is 41.4 Å². The Hall–Kier alpha value is -3.69. The van der Waals surface area contributed by atoms with E-state index in [1.165, 1.54) is 17.1 Å². The van der Waals surface area contributed by atoms with E-state index in [-0.39, 0.29) is 11.6 Å². The van der Waals surface area contributed by atoms with Crippen LogP contribution in [-0.2, 0) is 13.1 Å². The number of hydrogen-bond donors (Lipinski definition) is 1. The molecule has 0 aliphatic carbocycles. The quantitative estimate of drug-likeness (QED) is 0.294. The molecule has 0 saturated heterocycles. The van der Waals surface area contributed by atoms with Gasteiger partial charge in [0.15, 0.2) is 5.82 Å². The minimum atomic E-state index is -0.496. The van der Waals surface area contributed by atoms with E-state index in [9.17, 15) is 14.9 Å². The second-order valence-electron chi connectivity index (χ2n) is 7.37. The van der Waals surface area contributed by atoms with Gasteiger partial charge in [0, 0.05) is 27.4 Å². The molecule has 2 heterocycles. The Bertz CT molecular complexity index is 1330. The minimum absolute atomic E-state index is 0.0703. The van der Waals surface area contributed by atoms with E-state index in [2.05, 4.69) is 15.5 Å². The average Bonchev–Trinajstić information content (AvgIpc) is 3.37. The van der Waals surface area contributed by atoms with Gasteiger partial charge in [0.2, 0.25) is 0 Å². The number of hydrogen-bond acceptors (Lipinski definition) is 5. The fraction of sp³-hybridized carbons (Fsp3) is 0.136. The van der Waals surface area contributed by atoms with Crippen molar-refractivity contribution in [2.45, 2.75) is 20.0 Å². The summed E-state index contributed by atoms with van der Waals surface area (Å²) in [6.45, 7) is 2.69. The molecule has 1 amide bonds. The Kier molecular flexibility index (Phi) is 6.43. The fourth-order valence-electron chi connectivity index (χ4n) is 3.21. The van der Waals surface area contributed by atoms with Crippen molar-refractivity contribution in [2.24, 2.45) is 0 Å². The smallest absolute Gasteiger partial charge is 0.305 e. The Morgan fingerprint density at radius 2 is 1.88 bits per heavy atom. The Labute approximate surface area is 198 Å². The lowest BCUT2D eigenvalue weighted by Crippen LogP contribution is -2.13. The van der Waals surface area contributed by atoms with E-state index in [4.69, 9.17) is 23.2 Å². The fourth-order valence-corrected chi connectivity index (χ4v) is 3.68. The van der Waals surface area contributed by atoms with Crippen molar-refractivity contribution in [3.8, 4) is 0 Å². The van der Waals surface area contributed by atoms with Gasteiger partial charge in [0.05, 0.1) is 18.0 Å². The third kappa shape index (κ3) is 5.39. The Balaban J connectivity index is 1.40. The highest BCUT2D eigenvalue weighted by Gasteiger charge is 2.13. The van der Waals surface area contributed by atoms with Gasteiger partial charge in [-0.25, -0.2) is 0 Å². The van der Waals surface area contributed by atoms with Crippen LogP contribution in [0.5, 0.6) is 0 Å². The molecule has 0 saturated carbocycles. The van der Waals surface area contributed by atoms with Crippen LogP contribution >= 0.6 is 23.2 Å². The van der Waals surface area contributed by atoms with Crippen LogP contribution in [0.15, 0.2) is 60.9 Å². The van der Waals surface area contributed by atoms with E-state index in [0.29, 0.717) is 34.5 Å². The third-order valence-electron chi connectivity index (χ3n) is 4.95. The number of nitro groups is 1. The molecule has 1 N–H and O–H groups in total. The monoisotopic (exact) mass is 484 g/mol. The van der Waals surface area contributed by atoms with Crippen molar-refractivity contribution < 1.29 is 9.72 Å². The van der Waals surface area contributed by atoms with Crippen LogP contribution in [0.3, 0.4) is 0 Å². The van der Waals surface area contributed by atoms with Gasteiger partial charge in [-0.3, -0.25) is 24.3 Å². The molecule has 0 aliphatic rings. The number of nitrogens with one attached hydrogen (secondary N) is 1. The van der Waals surface area contributed by atoms with Gasteiger partial charge < -0.3 is 5.32 Å². The van der Waals surface area contributed by atoms with Crippen molar-refractivity contribution in [1.82, 2.24) is 19.6 Å². The van der Waals surface area contributed by atoms with Crippen molar-refractivity contribution in [3.63, 3.8) is 0 Å². The van der Waals surface area contributed by atoms with Crippen molar-refractivity contribution in [3.05, 3.63) is 103 Å². The summed E-state index contributed by atoms with van der Waals surface area (Å²) < 4.78 is 3.21. The van der Waals surface area contributed by atoms with Crippen molar-refractivity contribution in [2.75, 3.05) is 5.32 Å². The summed E-state index contributed by atoms with van der Waals surface area (Å²) in [5.41, 5.74) is 2.96. The number of amides is 1. The normalized spacial score (nSPS) is 10.9. The second kappa shape index (κ2) is 9.43. The third-order valence-corrected chi connectivity index (χ3v) is 5.54. The molecule has 0 atom stereocenters. The van der Waals surface area contributed by atoms with Gasteiger partial charge in [-0.05, 0) is 42.3 Å². The highest BCUT2D eigenvalue weighted by atomic mass is 35.5. The zero-order valence-corrected chi connectivity index (χ0v) is 18.9. The SMILES string of the molecule is Cc1cc(NC(=O)c2ccc(Cn3cc([N+](=O)[O-])cn3)cc2)nn1Cc1ccc(Cl)cc1Cl. The molecule has 9 nitrogen and oxygen atoms in total. The molecule has 0 bridgehead atoms. The first-order valence-corrected chi connectivity index (χ1v) is 10.6. The molecule has 33 heavy (non-hydrogen) atoms. The van der Waals surface area contributed by atoms with E-state index in [0.717, 1.165) is 16.8 Å². The summed E-state index contributed by atoms with van der Waals surface area (Å²) in [5, 5.41) is 23.1. The predicted molar refractivity (Wildman–Crippen MR) is 125 cm³/mol. The van der Waals surface area contributed by atoms with Crippen molar-refractivity contribution >= 4 is 40.6 Å². The topological polar surface area (TPSA) is 108 Å². The lowest BCUT2D eigenvalue weighted by Gasteiger charge is -2.07. The molecule has 0 aliphatic heterocycles. The number of benzene rings is 2. The molecule has 2 aromatic heterocycles.